The molecule has 1 amide bonds. The Morgan fingerprint density at radius 2 is 1.92 bits per heavy atom. The monoisotopic (exact) mass is 327 g/mol. The zero-order chi connectivity index (χ0) is 17.7. The van der Waals surface area contributed by atoms with Crippen LogP contribution in [0.15, 0.2) is 36.5 Å². The van der Waals surface area contributed by atoms with E-state index < -0.39 is 11.6 Å². The molecule has 2 aromatic heterocycles. The van der Waals surface area contributed by atoms with E-state index >= 15 is 0 Å². The highest BCUT2D eigenvalue weighted by molar-refractivity contribution is 5.96. The molecule has 2 aromatic rings. The van der Waals surface area contributed by atoms with Crippen LogP contribution in [0.2, 0.25) is 0 Å². The molecule has 0 bridgehead atoms. The molecule has 0 spiro atoms. The van der Waals surface area contributed by atoms with Crippen molar-refractivity contribution in [1.82, 2.24) is 15.3 Å². The zero-order valence-corrected chi connectivity index (χ0v) is 14.3. The van der Waals surface area contributed by atoms with Crippen LogP contribution in [0.1, 0.15) is 53.0 Å². The quantitative estimate of drug-likeness (QED) is 0.872. The molecule has 126 valence electrons. The van der Waals surface area contributed by atoms with Crippen LogP contribution in [0.5, 0.6) is 0 Å². The van der Waals surface area contributed by atoms with Gasteiger partial charge in [-0.3, -0.25) is 9.78 Å². The summed E-state index contributed by atoms with van der Waals surface area (Å²) in [5.41, 5.74) is 1.23. The van der Waals surface area contributed by atoms with Crippen LogP contribution in [0.3, 0.4) is 0 Å². The highest BCUT2D eigenvalue weighted by Gasteiger charge is 2.20. The first-order valence-corrected chi connectivity index (χ1v) is 7.65. The SMILES string of the molecule is CNC(=O)c1cc(C(=O)OC(C)(C)C)cc(Cc2ccccn2)n1. The molecule has 0 unspecified atom stereocenters. The number of rotatable bonds is 4. The lowest BCUT2D eigenvalue weighted by atomic mass is 10.1. The summed E-state index contributed by atoms with van der Waals surface area (Å²) in [6, 6.07) is 8.63. The standard InChI is InChI=1S/C18H21N3O3/c1-18(2,3)24-17(23)12-9-14(11-13-7-5-6-8-20-13)21-15(10-12)16(22)19-4/h5-10H,11H2,1-4H3,(H,19,22). The summed E-state index contributed by atoms with van der Waals surface area (Å²) in [7, 11) is 1.52. The van der Waals surface area contributed by atoms with Gasteiger partial charge in [-0.25, -0.2) is 9.78 Å². The molecule has 0 aromatic carbocycles. The summed E-state index contributed by atoms with van der Waals surface area (Å²) >= 11 is 0. The van der Waals surface area contributed by atoms with Gasteiger partial charge in [0.2, 0.25) is 0 Å². The Morgan fingerprint density at radius 3 is 2.50 bits per heavy atom. The Kier molecular flexibility index (Phi) is 5.28. The molecule has 0 radical (unpaired) electrons. The second-order valence-corrected chi connectivity index (χ2v) is 6.31. The van der Waals surface area contributed by atoms with Crippen molar-refractivity contribution in [3.05, 3.63) is 59.2 Å². The first-order valence-electron chi connectivity index (χ1n) is 7.65. The maximum absolute atomic E-state index is 12.3. The number of carbonyl (C=O) groups is 2. The Hall–Kier alpha value is -2.76. The van der Waals surface area contributed by atoms with Gasteiger partial charge in [-0.15, -0.1) is 0 Å². The van der Waals surface area contributed by atoms with E-state index in [2.05, 4.69) is 15.3 Å². The minimum atomic E-state index is -0.616. The molecule has 6 heteroatoms. The fourth-order valence-corrected chi connectivity index (χ4v) is 2.07. The van der Waals surface area contributed by atoms with Crippen molar-refractivity contribution in [2.24, 2.45) is 0 Å². The largest absolute Gasteiger partial charge is 0.456 e. The van der Waals surface area contributed by atoms with Crippen molar-refractivity contribution in [2.75, 3.05) is 7.05 Å². The van der Waals surface area contributed by atoms with Crippen LogP contribution in [-0.4, -0.2) is 34.5 Å². The summed E-state index contributed by atoms with van der Waals surface area (Å²) in [6.45, 7) is 5.38. The molecule has 1 N–H and O–H groups in total. The predicted octanol–water partition coefficient (Wildman–Crippen LogP) is 2.38. The number of esters is 1. The number of amides is 1. The third-order valence-electron chi connectivity index (χ3n) is 3.06. The lowest BCUT2D eigenvalue weighted by molar-refractivity contribution is 0.00692. The van der Waals surface area contributed by atoms with Crippen LogP contribution < -0.4 is 5.32 Å². The number of hydrogen-bond acceptors (Lipinski definition) is 5. The lowest BCUT2D eigenvalue weighted by Crippen LogP contribution is -2.25. The smallest absolute Gasteiger partial charge is 0.338 e. The second kappa shape index (κ2) is 7.21. The Bertz CT molecular complexity index is 737. The first kappa shape index (κ1) is 17.6. The number of nitrogens with zero attached hydrogens (tertiary/aromatic N) is 2. The summed E-state index contributed by atoms with van der Waals surface area (Å²) < 4.78 is 5.38. The van der Waals surface area contributed by atoms with Gasteiger partial charge >= 0.3 is 5.97 Å². The average Bonchev–Trinajstić information content (AvgIpc) is 2.53. The van der Waals surface area contributed by atoms with Gasteiger partial charge < -0.3 is 10.1 Å². The normalized spacial score (nSPS) is 11.0. The van der Waals surface area contributed by atoms with Crippen molar-refractivity contribution >= 4 is 11.9 Å². The van der Waals surface area contributed by atoms with Gasteiger partial charge in [-0.1, -0.05) is 6.07 Å². The molecule has 0 saturated heterocycles. The minimum absolute atomic E-state index is 0.173. The molecule has 0 aliphatic rings. The number of hydrogen-bond donors (Lipinski definition) is 1. The predicted molar refractivity (Wildman–Crippen MR) is 89.8 cm³/mol. The van der Waals surface area contributed by atoms with Gasteiger partial charge in [0.1, 0.15) is 11.3 Å². The topological polar surface area (TPSA) is 81.2 Å². The van der Waals surface area contributed by atoms with E-state index in [0.717, 1.165) is 5.69 Å². The van der Waals surface area contributed by atoms with E-state index in [1.807, 2.05) is 18.2 Å². The summed E-state index contributed by atoms with van der Waals surface area (Å²) in [5, 5.41) is 2.52. The summed E-state index contributed by atoms with van der Waals surface area (Å²) in [4.78, 5) is 32.8. The van der Waals surface area contributed by atoms with E-state index in [0.29, 0.717) is 17.7 Å². The van der Waals surface area contributed by atoms with E-state index in [4.69, 9.17) is 4.74 Å². The molecule has 0 aliphatic heterocycles. The summed E-state index contributed by atoms with van der Waals surface area (Å²) in [5.74, 6) is -0.847. The van der Waals surface area contributed by atoms with Gasteiger partial charge in [-0.05, 0) is 45.0 Å². The molecule has 0 aliphatic carbocycles. The van der Waals surface area contributed by atoms with Crippen molar-refractivity contribution < 1.29 is 14.3 Å². The van der Waals surface area contributed by atoms with Gasteiger partial charge in [0.25, 0.3) is 5.91 Å². The number of aromatic nitrogens is 2. The van der Waals surface area contributed by atoms with Crippen LogP contribution >= 0.6 is 0 Å². The summed E-state index contributed by atoms with van der Waals surface area (Å²) in [6.07, 6.45) is 2.11. The van der Waals surface area contributed by atoms with Crippen LogP contribution in [0.25, 0.3) is 0 Å². The molecule has 0 fully saturated rings. The maximum Gasteiger partial charge on any atom is 0.338 e. The van der Waals surface area contributed by atoms with Crippen LogP contribution in [-0.2, 0) is 11.2 Å². The van der Waals surface area contributed by atoms with Crippen molar-refractivity contribution in [2.45, 2.75) is 32.8 Å². The zero-order valence-electron chi connectivity index (χ0n) is 14.3. The molecular formula is C18H21N3O3. The average molecular weight is 327 g/mol. The van der Waals surface area contributed by atoms with Crippen molar-refractivity contribution in [1.29, 1.82) is 0 Å². The maximum atomic E-state index is 12.3. The molecule has 0 saturated carbocycles. The Morgan fingerprint density at radius 1 is 1.17 bits per heavy atom. The molecule has 2 heterocycles. The Balaban J connectivity index is 2.38. The third kappa shape index (κ3) is 4.87. The van der Waals surface area contributed by atoms with E-state index in [-0.39, 0.29) is 11.6 Å². The van der Waals surface area contributed by atoms with E-state index in [1.165, 1.54) is 13.1 Å². The van der Waals surface area contributed by atoms with E-state index in [9.17, 15) is 9.59 Å². The number of ether oxygens (including phenoxy) is 1. The number of carbonyl (C=O) groups excluding carboxylic acids is 2. The van der Waals surface area contributed by atoms with Gasteiger partial charge in [0, 0.05) is 31.1 Å². The fourth-order valence-electron chi connectivity index (χ4n) is 2.07. The highest BCUT2D eigenvalue weighted by atomic mass is 16.6. The molecule has 6 nitrogen and oxygen atoms in total. The number of pyridine rings is 2. The lowest BCUT2D eigenvalue weighted by Gasteiger charge is -2.19. The molecular weight excluding hydrogens is 306 g/mol. The molecule has 2 rings (SSSR count). The molecule has 24 heavy (non-hydrogen) atoms. The Labute approximate surface area is 141 Å². The first-order chi connectivity index (χ1) is 11.3. The fraction of sp³-hybridized carbons (Fsp3) is 0.333. The highest BCUT2D eigenvalue weighted by Crippen LogP contribution is 2.15. The van der Waals surface area contributed by atoms with Crippen molar-refractivity contribution in [3.63, 3.8) is 0 Å². The van der Waals surface area contributed by atoms with Crippen LogP contribution in [0, 0.1) is 0 Å². The second-order valence-electron chi connectivity index (χ2n) is 6.31. The third-order valence-corrected chi connectivity index (χ3v) is 3.06. The minimum Gasteiger partial charge on any atom is -0.456 e. The van der Waals surface area contributed by atoms with Gasteiger partial charge in [0.05, 0.1) is 5.56 Å². The number of nitrogens with one attached hydrogen (secondary N) is 1. The van der Waals surface area contributed by atoms with Crippen molar-refractivity contribution in [3.8, 4) is 0 Å². The van der Waals surface area contributed by atoms with E-state index in [1.54, 1.807) is 33.0 Å². The van der Waals surface area contributed by atoms with Gasteiger partial charge in [0.15, 0.2) is 0 Å². The molecule has 0 atom stereocenters. The van der Waals surface area contributed by atoms with Gasteiger partial charge in [-0.2, -0.15) is 0 Å². The van der Waals surface area contributed by atoms with Crippen LogP contribution in [0.4, 0.5) is 0 Å².